The van der Waals surface area contributed by atoms with Crippen molar-refractivity contribution in [2.45, 2.75) is 0 Å². The number of anilines is 1. The van der Waals surface area contributed by atoms with Crippen LogP contribution >= 0.6 is 0 Å². The molecule has 1 aromatic heterocycles. The van der Waals surface area contributed by atoms with Crippen LogP contribution in [0.3, 0.4) is 0 Å². The van der Waals surface area contributed by atoms with E-state index in [0.717, 1.165) is 0 Å². The molecule has 0 atom stereocenters. The van der Waals surface area contributed by atoms with Crippen molar-refractivity contribution >= 4 is 11.8 Å². The Kier molecular flexibility index (Phi) is 1.62. The van der Waals surface area contributed by atoms with Crippen molar-refractivity contribution in [1.29, 1.82) is 0 Å². The number of hydrogen-bond donors (Lipinski definition) is 2. The number of furan rings is 1. The zero-order valence-corrected chi connectivity index (χ0v) is 5.55. The number of hydrogen-bond acceptors (Lipinski definition) is 3. The molecule has 0 bridgehead atoms. The van der Waals surface area contributed by atoms with Gasteiger partial charge in [-0.1, -0.05) is 0 Å². The molecule has 0 spiro atoms. The van der Waals surface area contributed by atoms with E-state index in [1.54, 1.807) is 13.1 Å². The zero-order valence-electron chi connectivity index (χ0n) is 5.55. The molecule has 4 heteroatoms. The molecule has 0 radical (unpaired) electrons. The highest BCUT2D eigenvalue weighted by Crippen LogP contribution is 2.10. The van der Waals surface area contributed by atoms with Gasteiger partial charge in [0.1, 0.15) is 0 Å². The Labute approximate surface area is 58.0 Å². The van der Waals surface area contributed by atoms with Crippen LogP contribution in [0, 0.1) is 0 Å². The average molecular weight is 140 g/mol. The van der Waals surface area contributed by atoms with Crippen LogP contribution in [-0.2, 0) is 0 Å². The molecule has 0 unspecified atom stereocenters. The summed E-state index contributed by atoms with van der Waals surface area (Å²) < 4.78 is 4.91. The molecule has 0 aliphatic carbocycles. The quantitative estimate of drug-likeness (QED) is 0.625. The van der Waals surface area contributed by atoms with E-state index in [1.165, 1.54) is 6.07 Å². The molecule has 1 amide bonds. The number of rotatable bonds is 2. The molecule has 0 aromatic carbocycles. The minimum absolute atomic E-state index is 0.171. The maximum atomic E-state index is 10.4. The second kappa shape index (κ2) is 2.43. The van der Waals surface area contributed by atoms with Gasteiger partial charge in [0.2, 0.25) is 0 Å². The van der Waals surface area contributed by atoms with Crippen molar-refractivity contribution < 1.29 is 9.21 Å². The number of primary amides is 1. The standard InChI is InChI=1S/C6H8N2O2/c1-8-5-3-2-4(10-5)6(7)9/h2-3,8H,1H3,(H2,7,9). The second-order valence-corrected chi connectivity index (χ2v) is 1.78. The van der Waals surface area contributed by atoms with E-state index in [9.17, 15) is 4.79 Å². The topological polar surface area (TPSA) is 68.3 Å². The van der Waals surface area contributed by atoms with Gasteiger partial charge in [0.25, 0.3) is 5.91 Å². The summed E-state index contributed by atoms with van der Waals surface area (Å²) in [5, 5.41) is 2.73. The highest BCUT2D eigenvalue weighted by Gasteiger charge is 2.04. The number of carbonyl (C=O) groups is 1. The third-order valence-corrected chi connectivity index (χ3v) is 1.10. The second-order valence-electron chi connectivity index (χ2n) is 1.78. The Morgan fingerprint density at radius 2 is 2.40 bits per heavy atom. The van der Waals surface area contributed by atoms with Crippen LogP contribution in [0.2, 0.25) is 0 Å². The van der Waals surface area contributed by atoms with Gasteiger partial charge >= 0.3 is 0 Å². The number of nitrogens with two attached hydrogens (primary N) is 1. The van der Waals surface area contributed by atoms with Crippen molar-refractivity contribution in [2.24, 2.45) is 5.73 Å². The summed E-state index contributed by atoms with van der Waals surface area (Å²) in [7, 11) is 1.70. The maximum absolute atomic E-state index is 10.4. The Balaban J connectivity index is 2.88. The highest BCUT2D eigenvalue weighted by molar-refractivity contribution is 5.90. The Morgan fingerprint density at radius 3 is 2.70 bits per heavy atom. The molecule has 4 nitrogen and oxygen atoms in total. The van der Waals surface area contributed by atoms with Crippen LogP contribution in [0.4, 0.5) is 5.88 Å². The van der Waals surface area contributed by atoms with Gasteiger partial charge in [0.05, 0.1) is 0 Å². The fourth-order valence-corrected chi connectivity index (χ4v) is 0.605. The number of carbonyl (C=O) groups excluding carboxylic acids is 1. The maximum Gasteiger partial charge on any atom is 0.284 e. The van der Waals surface area contributed by atoms with E-state index in [4.69, 9.17) is 10.2 Å². The SMILES string of the molecule is CNc1ccc(C(N)=O)o1. The summed E-state index contributed by atoms with van der Waals surface area (Å²) in [5.74, 6) is 0.152. The van der Waals surface area contributed by atoms with Crippen LogP contribution in [0.1, 0.15) is 10.6 Å². The van der Waals surface area contributed by atoms with Crippen molar-refractivity contribution in [3.8, 4) is 0 Å². The van der Waals surface area contributed by atoms with Gasteiger partial charge in [0.15, 0.2) is 11.6 Å². The van der Waals surface area contributed by atoms with Gasteiger partial charge in [-0.3, -0.25) is 4.79 Å². The Bertz CT molecular complexity index is 242. The third kappa shape index (κ3) is 1.10. The van der Waals surface area contributed by atoms with Crippen LogP contribution < -0.4 is 11.1 Å². The predicted octanol–water partition coefficient (Wildman–Crippen LogP) is 0.420. The van der Waals surface area contributed by atoms with Crippen LogP contribution in [0.25, 0.3) is 0 Å². The summed E-state index contributed by atoms with van der Waals surface area (Å²) in [4.78, 5) is 10.4. The fraction of sp³-hybridized carbons (Fsp3) is 0.167. The summed E-state index contributed by atoms with van der Waals surface area (Å²) >= 11 is 0. The molecule has 54 valence electrons. The van der Waals surface area contributed by atoms with E-state index >= 15 is 0 Å². The molecule has 0 saturated carbocycles. The van der Waals surface area contributed by atoms with Gasteiger partial charge in [0, 0.05) is 13.1 Å². The molecule has 0 fully saturated rings. The van der Waals surface area contributed by atoms with Gasteiger partial charge in [-0.15, -0.1) is 0 Å². The minimum Gasteiger partial charge on any atom is -0.436 e. The lowest BCUT2D eigenvalue weighted by Gasteiger charge is -1.89. The highest BCUT2D eigenvalue weighted by atomic mass is 16.4. The largest absolute Gasteiger partial charge is 0.436 e. The average Bonchev–Trinajstić information content (AvgIpc) is 2.34. The van der Waals surface area contributed by atoms with E-state index in [2.05, 4.69) is 5.32 Å². The van der Waals surface area contributed by atoms with Crippen molar-refractivity contribution in [1.82, 2.24) is 0 Å². The predicted molar refractivity (Wildman–Crippen MR) is 36.8 cm³/mol. The van der Waals surface area contributed by atoms with Gasteiger partial charge in [-0.2, -0.15) is 0 Å². The molecule has 1 heterocycles. The first-order valence-corrected chi connectivity index (χ1v) is 2.81. The first-order valence-electron chi connectivity index (χ1n) is 2.81. The van der Waals surface area contributed by atoms with E-state index in [0.29, 0.717) is 5.88 Å². The Hall–Kier alpha value is -1.45. The first-order chi connectivity index (χ1) is 4.74. The summed E-state index contributed by atoms with van der Waals surface area (Å²) in [5.41, 5.74) is 4.92. The molecule has 1 rings (SSSR count). The smallest absolute Gasteiger partial charge is 0.284 e. The monoisotopic (exact) mass is 140 g/mol. The lowest BCUT2D eigenvalue weighted by atomic mass is 10.4. The van der Waals surface area contributed by atoms with Crippen molar-refractivity contribution in [3.05, 3.63) is 17.9 Å². The third-order valence-electron chi connectivity index (χ3n) is 1.10. The Morgan fingerprint density at radius 1 is 1.70 bits per heavy atom. The van der Waals surface area contributed by atoms with Gasteiger partial charge < -0.3 is 15.5 Å². The summed E-state index contributed by atoms with van der Waals surface area (Å²) in [6.07, 6.45) is 0. The molecular weight excluding hydrogens is 132 g/mol. The molecule has 1 aromatic rings. The molecule has 0 aliphatic heterocycles. The van der Waals surface area contributed by atoms with Crippen molar-refractivity contribution in [3.63, 3.8) is 0 Å². The molecule has 0 aliphatic rings. The number of nitrogens with one attached hydrogen (secondary N) is 1. The van der Waals surface area contributed by atoms with Gasteiger partial charge in [-0.05, 0) is 6.07 Å². The molecule has 0 saturated heterocycles. The summed E-state index contributed by atoms with van der Waals surface area (Å²) in [6, 6.07) is 3.16. The van der Waals surface area contributed by atoms with Gasteiger partial charge in [-0.25, -0.2) is 0 Å². The first kappa shape index (κ1) is 6.67. The lowest BCUT2D eigenvalue weighted by molar-refractivity contribution is 0.0975. The van der Waals surface area contributed by atoms with Crippen LogP contribution in [0.5, 0.6) is 0 Å². The molecular formula is C6H8N2O2. The number of amides is 1. The van der Waals surface area contributed by atoms with Crippen LogP contribution in [0.15, 0.2) is 16.5 Å². The molecule has 10 heavy (non-hydrogen) atoms. The zero-order chi connectivity index (χ0) is 7.56. The van der Waals surface area contributed by atoms with E-state index in [-0.39, 0.29) is 5.76 Å². The van der Waals surface area contributed by atoms with Crippen molar-refractivity contribution in [2.75, 3.05) is 12.4 Å². The van der Waals surface area contributed by atoms with Crippen LogP contribution in [-0.4, -0.2) is 13.0 Å². The lowest BCUT2D eigenvalue weighted by Crippen LogP contribution is -2.09. The normalized spacial score (nSPS) is 9.30. The van der Waals surface area contributed by atoms with E-state index in [1.807, 2.05) is 0 Å². The van der Waals surface area contributed by atoms with E-state index < -0.39 is 5.91 Å². The summed E-state index contributed by atoms with van der Waals surface area (Å²) in [6.45, 7) is 0. The molecule has 3 N–H and O–H groups in total. The minimum atomic E-state index is -0.554. The fourth-order valence-electron chi connectivity index (χ4n) is 0.605.